The predicted octanol–water partition coefficient (Wildman–Crippen LogP) is 2.66. The van der Waals surface area contributed by atoms with Gasteiger partial charge in [-0.15, -0.1) is 0 Å². The van der Waals surface area contributed by atoms with Crippen LogP contribution in [0.2, 0.25) is 0 Å². The molecule has 0 N–H and O–H groups in total. The van der Waals surface area contributed by atoms with Crippen LogP contribution in [0.1, 0.15) is 46.8 Å². The smallest absolute Gasteiger partial charge is 0.234 e. The van der Waals surface area contributed by atoms with Gasteiger partial charge in [0.1, 0.15) is 5.75 Å². The van der Waals surface area contributed by atoms with Crippen molar-refractivity contribution in [2.24, 2.45) is 0 Å². The van der Waals surface area contributed by atoms with Crippen LogP contribution in [0.15, 0.2) is 11.6 Å². The van der Waals surface area contributed by atoms with Crippen LogP contribution >= 0.6 is 0 Å². The first-order chi connectivity index (χ1) is 8.50. The quantitative estimate of drug-likeness (QED) is 0.657. The number of hydrogen-bond acceptors (Lipinski definition) is 3. The van der Waals surface area contributed by atoms with Gasteiger partial charge in [-0.2, -0.15) is 0 Å². The SMILES string of the molecule is CC1=Cc2c(c(C)cc3c2[C@H](C)CO3)C(=O)C1=O. The molecule has 0 spiro atoms. The highest BCUT2D eigenvalue weighted by Crippen LogP contribution is 2.42. The Bertz CT molecular complexity index is 623. The minimum atomic E-state index is -0.392. The summed E-state index contributed by atoms with van der Waals surface area (Å²) in [6, 6.07) is 1.87. The lowest BCUT2D eigenvalue weighted by atomic mass is 9.82. The largest absolute Gasteiger partial charge is 0.493 e. The zero-order valence-corrected chi connectivity index (χ0v) is 10.7. The molecule has 0 unspecified atom stereocenters. The maximum Gasteiger partial charge on any atom is 0.234 e. The highest BCUT2D eigenvalue weighted by Gasteiger charge is 2.33. The third kappa shape index (κ3) is 1.30. The van der Waals surface area contributed by atoms with E-state index in [2.05, 4.69) is 6.92 Å². The van der Waals surface area contributed by atoms with Crippen LogP contribution in [-0.2, 0) is 4.79 Å². The Morgan fingerprint density at radius 2 is 1.94 bits per heavy atom. The summed E-state index contributed by atoms with van der Waals surface area (Å²) in [5.41, 5.74) is 3.84. The standard InChI is InChI=1S/C15H14O3/c1-7-5-11-12(9(3)6-18-11)10-4-8(2)14(16)15(17)13(7)10/h4-5,9H,6H2,1-3H3/t9-/m1/s1. The Kier molecular flexibility index (Phi) is 2.21. The van der Waals surface area contributed by atoms with E-state index < -0.39 is 5.78 Å². The predicted molar refractivity (Wildman–Crippen MR) is 68.1 cm³/mol. The molecule has 0 amide bonds. The number of fused-ring (bicyclic) bond motifs is 3. The van der Waals surface area contributed by atoms with Gasteiger partial charge in [-0.3, -0.25) is 9.59 Å². The molecule has 1 aliphatic heterocycles. The number of carbonyl (C=O) groups excluding carboxylic acids is 2. The third-order valence-electron chi connectivity index (χ3n) is 3.70. The Morgan fingerprint density at radius 1 is 1.22 bits per heavy atom. The second-order valence-corrected chi connectivity index (χ2v) is 5.09. The van der Waals surface area contributed by atoms with E-state index in [1.54, 1.807) is 6.92 Å². The molecule has 0 bridgehead atoms. The molecule has 1 atom stereocenters. The minimum Gasteiger partial charge on any atom is -0.493 e. The van der Waals surface area contributed by atoms with Crippen molar-refractivity contribution in [1.82, 2.24) is 0 Å². The van der Waals surface area contributed by atoms with Crippen molar-refractivity contribution in [1.29, 1.82) is 0 Å². The topological polar surface area (TPSA) is 43.4 Å². The van der Waals surface area contributed by atoms with Gasteiger partial charge >= 0.3 is 0 Å². The molecule has 0 fully saturated rings. The summed E-state index contributed by atoms with van der Waals surface area (Å²) in [5.74, 6) is 0.339. The summed E-state index contributed by atoms with van der Waals surface area (Å²) in [7, 11) is 0. The third-order valence-corrected chi connectivity index (χ3v) is 3.70. The minimum absolute atomic E-state index is 0.263. The second-order valence-electron chi connectivity index (χ2n) is 5.09. The van der Waals surface area contributed by atoms with Crippen molar-refractivity contribution in [3.63, 3.8) is 0 Å². The fraction of sp³-hybridized carbons (Fsp3) is 0.333. The number of ether oxygens (including phenoxy) is 1. The molecular weight excluding hydrogens is 228 g/mol. The Hall–Kier alpha value is -1.90. The molecule has 3 heteroatoms. The number of benzene rings is 1. The van der Waals surface area contributed by atoms with Crippen LogP contribution in [0, 0.1) is 6.92 Å². The number of Topliss-reactive ketones (excluding diaryl/α,β-unsaturated/α-hetero) is 2. The van der Waals surface area contributed by atoms with E-state index in [1.165, 1.54) is 0 Å². The Balaban J connectivity index is 2.38. The van der Waals surface area contributed by atoms with E-state index in [-0.39, 0.29) is 11.7 Å². The zero-order chi connectivity index (χ0) is 13.0. The van der Waals surface area contributed by atoms with E-state index in [0.717, 1.165) is 22.4 Å². The fourth-order valence-electron chi connectivity index (χ4n) is 2.78. The number of ketones is 2. The Morgan fingerprint density at radius 3 is 2.67 bits per heavy atom. The van der Waals surface area contributed by atoms with Crippen molar-refractivity contribution in [3.8, 4) is 5.75 Å². The van der Waals surface area contributed by atoms with Crippen molar-refractivity contribution < 1.29 is 14.3 Å². The van der Waals surface area contributed by atoms with Gasteiger partial charge in [0.15, 0.2) is 0 Å². The lowest BCUT2D eigenvalue weighted by Crippen LogP contribution is -2.22. The van der Waals surface area contributed by atoms with Gasteiger partial charge in [-0.05, 0) is 37.1 Å². The number of allylic oxidation sites excluding steroid dienone is 1. The molecule has 1 aliphatic carbocycles. The summed E-state index contributed by atoms with van der Waals surface area (Å²) in [6.45, 7) is 6.26. The number of hydrogen-bond donors (Lipinski definition) is 0. The van der Waals surface area contributed by atoms with Crippen LogP contribution < -0.4 is 4.74 Å². The molecule has 2 aliphatic rings. The molecule has 1 aromatic rings. The van der Waals surface area contributed by atoms with Crippen LogP contribution in [0.3, 0.4) is 0 Å². The second kappa shape index (κ2) is 3.55. The van der Waals surface area contributed by atoms with Gasteiger partial charge in [-0.25, -0.2) is 0 Å². The zero-order valence-electron chi connectivity index (χ0n) is 10.7. The molecule has 3 rings (SSSR count). The van der Waals surface area contributed by atoms with Crippen molar-refractivity contribution in [3.05, 3.63) is 33.9 Å². The molecule has 18 heavy (non-hydrogen) atoms. The molecule has 1 aromatic carbocycles. The Labute approximate surface area is 105 Å². The van der Waals surface area contributed by atoms with E-state index >= 15 is 0 Å². The van der Waals surface area contributed by atoms with Crippen molar-refractivity contribution in [2.45, 2.75) is 26.7 Å². The number of aryl methyl sites for hydroxylation is 1. The molecular formula is C15H14O3. The average molecular weight is 242 g/mol. The summed E-state index contributed by atoms with van der Waals surface area (Å²) in [4.78, 5) is 23.9. The monoisotopic (exact) mass is 242 g/mol. The molecule has 3 nitrogen and oxygen atoms in total. The van der Waals surface area contributed by atoms with Gasteiger partial charge in [0, 0.05) is 22.6 Å². The van der Waals surface area contributed by atoms with Crippen molar-refractivity contribution in [2.75, 3.05) is 6.61 Å². The maximum absolute atomic E-state index is 12.1. The first-order valence-electron chi connectivity index (χ1n) is 6.08. The van der Waals surface area contributed by atoms with Crippen LogP contribution in [-0.4, -0.2) is 18.2 Å². The van der Waals surface area contributed by atoms with Gasteiger partial charge in [0.2, 0.25) is 11.6 Å². The van der Waals surface area contributed by atoms with Crippen LogP contribution in [0.5, 0.6) is 5.75 Å². The van der Waals surface area contributed by atoms with E-state index in [9.17, 15) is 9.59 Å². The van der Waals surface area contributed by atoms with Gasteiger partial charge < -0.3 is 4.74 Å². The van der Waals surface area contributed by atoms with Crippen molar-refractivity contribution >= 4 is 17.6 Å². The first kappa shape index (κ1) is 11.2. The molecule has 0 aromatic heterocycles. The van der Waals surface area contributed by atoms with Gasteiger partial charge in [-0.1, -0.05) is 6.92 Å². The number of carbonyl (C=O) groups is 2. The molecule has 0 saturated heterocycles. The molecule has 1 heterocycles. The summed E-state index contributed by atoms with van der Waals surface area (Å²) in [5, 5.41) is 0. The summed E-state index contributed by atoms with van der Waals surface area (Å²) < 4.78 is 5.63. The average Bonchev–Trinajstić information content (AvgIpc) is 2.67. The lowest BCUT2D eigenvalue weighted by Gasteiger charge is -2.18. The number of rotatable bonds is 0. The van der Waals surface area contributed by atoms with Crippen LogP contribution in [0.4, 0.5) is 0 Å². The normalized spacial score (nSPS) is 21.3. The summed E-state index contributed by atoms with van der Waals surface area (Å²) >= 11 is 0. The highest BCUT2D eigenvalue weighted by molar-refractivity contribution is 6.52. The highest BCUT2D eigenvalue weighted by atomic mass is 16.5. The first-order valence-corrected chi connectivity index (χ1v) is 6.08. The van der Waals surface area contributed by atoms with Gasteiger partial charge in [0.05, 0.1) is 6.61 Å². The fourth-order valence-corrected chi connectivity index (χ4v) is 2.78. The molecule has 0 radical (unpaired) electrons. The molecule has 92 valence electrons. The maximum atomic E-state index is 12.1. The van der Waals surface area contributed by atoms with E-state index in [0.29, 0.717) is 17.7 Å². The molecule has 0 saturated carbocycles. The van der Waals surface area contributed by atoms with E-state index in [1.807, 2.05) is 19.1 Å². The summed E-state index contributed by atoms with van der Waals surface area (Å²) in [6.07, 6.45) is 1.83. The van der Waals surface area contributed by atoms with Crippen LogP contribution in [0.25, 0.3) is 6.08 Å². The lowest BCUT2D eigenvalue weighted by molar-refractivity contribution is -0.111. The van der Waals surface area contributed by atoms with Gasteiger partial charge in [0.25, 0.3) is 0 Å². The van der Waals surface area contributed by atoms with E-state index in [4.69, 9.17) is 4.74 Å².